The zero-order valence-corrected chi connectivity index (χ0v) is 17.0. The molecule has 1 aliphatic carbocycles. The van der Waals surface area contributed by atoms with Gasteiger partial charge in [0.25, 0.3) is 5.91 Å². The van der Waals surface area contributed by atoms with Crippen LogP contribution in [0, 0.1) is 5.92 Å². The molecule has 1 saturated heterocycles. The van der Waals surface area contributed by atoms with Crippen LogP contribution < -0.4 is 5.32 Å². The average Bonchev–Trinajstić information content (AvgIpc) is 3.19. The number of hydrogen-bond donors (Lipinski definition) is 1. The van der Waals surface area contributed by atoms with Crippen molar-refractivity contribution in [2.24, 2.45) is 5.92 Å². The van der Waals surface area contributed by atoms with Crippen LogP contribution in [0.1, 0.15) is 55.8 Å². The molecule has 154 valence electrons. The lowest BCUT2D eigenvalue weighted by atomic mass is 10.0. The van der Waals surface area contributed by atoms with E-state index in [4.69, 9.17) is 4.74 Å². The van der Waals surface area contributed by atoms with Gasteiger partial charge in [0.15, 0.2) is 6.61 Å². The predicted octanol–water partition coefficient (Wildman–Crippen LogP) is 2.32. The molecule has 1 amide bonds. The Morgan fingerprint density at radius 2 is 1.68 bits per heavy atom. The summed E-state index contributed by atoms with van der Waals surface area (Å²) in [4.78, 5) is 24.1. The minimum Gasteiger partial charge on any atom is -0.452 e. The first-order valence-electron chi connectivity index (χ1n) is 9.93. The third kappa shape index (κ3) is 5.11. The molecular formula is C20H28N2O5S. The van der Waals surface area contributed by atoms with Gasteiger partial charge in [-0.25, -0.2) is 13.2 Å². The minimum absolute atomic E-state index is 0.164. The fourth-order valence-corrected chi connectivity index (χ4v) is 5.16. The third-order valence-electron chi connectivity index (χ3n) is 5.53. The minimum atomic E-state index is -3.55. The Balaban J connectivity index is 1.54. The van der Waals surface area contributed by atoms with Gasteiger partial charge in [-0.15, -0.1) is 0 Å². The smallest absolute Gasteiger partial charge is 0.338 e. The maximum atomic E-state index is 12.7. The van der Waals surface area contributed by atoms with Crippen molar-refractivity contribution in [3.8, 4) is 0 Å². The molecule has 1 saturated carbocycles. The van der Waals surface area contributed by atoms with Gasteiger partial charge in [0, 0.05) is 19.1 Å². The molecule has 7 nitrogen and oxygen atoms in total. The molecule has 8 heteroatoms. The first-order valence-corrected chi connectivity index (χ1v) is 11.4. The lowest BCUT2D eigenvalue weighted by Crippen LogP contribution is -2.37. The zero-order chi connectivity index (χ0) is 20.1. The first-order chi connectivity index (χ1) is 13.4. The van der Waals surface area contributed by atoms with E-state index in [1.54, 1.807) is 0 Å². The summed E-state index contributed by atoms with van der Waals surface area (Å²) in [6.07, 6.45) is 5.85. The lowest BCUT2D eigenvalue weighted by molar-refractivity contribution is -0.124. The Morgan fingerprint density at radius 1 is 1.07 bits per heavy atom. The van der Waals surface area contributed by atoms with Crippen LogP contribution in [0.25, 0.3) is 0 Å². The maximum Gasteiger partial charge on any atom is 0.338 e. The Morgan fingerprint density at radius 3 is 2.29 bits per heavy atom. The standard InChI is InChI=1S/C20H28N2O5S/c1-15-10-12-22(13-11-15)28(25,26)18-8-6-16(7-9-18)20(24)27-14-19(23)21-17-4-2-3-5-17/h6-9,15,17H,2-5,10-14H2,1H3,(H,21,23). The first kappa shape index (κ1) is 20.8. The van der Waals surface area contributed by atoms with E-state index in [9.17, 15) is 18.0 Å². The van der Waals surface area contributed by atoms with E-state index in [0.29, 0.717) is 19.0 Å². The van der Waals surface area contributed by atoms with E-state index in [1.807, 2.05) is 0 Å². The number of carbonyl (C=O) groups is 2. The summed E-state index contributed by atoms with van der Waals surface area (Å²) in [6, 6.07) is 5.87. The van der Waals surface area contributed by atoms with Gasteiger partial charge >= 0.3 is 5.97 Å². The molecule has 1 aromatic rings. The van der Waals surface area contributed by atoms with E-state index < -0.39 is 16.0 Å². The second kappa shape index (κ2) is 9.05. The van der Waals surface area contributed by atoms with Crippen LogP contribution in [0.15, 0.2) is 29.2 Å². The van der Waals surface area contributed by atoms with E-state index in [-0.39, 0.29) is 29.0 Å². The van der Waals surface area contributed by atoms with Gasteiger partial charge in [0.1, 0.15) is 0 Å². The van der Waals surface area contributed by atoms with Crippen molar-refractivity contribution < 1.29 is 22.7 Å². The van der Waals surface area contributed by atoms with Crippen molar-refractivity contribution in [3.63, 3.8) is 0 Å². The Bertz CT molecular complexity index is 792. The van der Waals surface area contributed by atoms with Crippen molar-refractivity contribution in [1.82, 2.24) is 9.62 Å². The zero-order valence-electron chi connectivity index (χ0n) is 16.2. The monoisotopic (exact) mass is 408 g/mol. The molecule has 1 aliphatic heterocycles. The van der Waals surface area contributed by atoms with Crippen molar-refractivity contribution in [2.45, 2.75) is 56.4 Å². The highest BCUT2D eigenvalue weighted by Gasteiger charge is 2.28. The van der Waals surface area contributed by atoms with Gasteiger partial charge in [0.05, 0.1) is 10.5 Å². The summed E-state index contributed by atoms with van der Waals surface area (Å²) >= 11 is 0. The van der Waals surface area contributed by atoms with Crippen molar-refractivity contribution >= 4 is 21.9 Å². The molecular weight excluding hydrogens is 380 g/mol. The molecule has 0 spiro atoms. The topological polar surface area (TPSA) is 92.8 Å². The Labute approximate surface area is 166 Å². The van der Waals surface area contributed by atoms with E-state index >= 15 is 0 Å². The van der Waals surface area contributed by atoms with Crippen LogP contribution in [0.5, 0.6) is 0 Å². The molecule has 0 aromatic heterocycles. The molecule has 0 radical (unpaired) electrons. The highest BCUT2D eigenvalue weighted by Crippen LogP contribution is 2.23. The molecule has 3 rings (SSSR count). The number of ether oxygens (including phenoxy) is 1. The summed E-state index contributed by atoms with van der Waals surface area (Å²) in [7, 11) is -3.55. The van der Waals surface area contributed by atoms with E-state index in [1.165, 1.54) is 28.6 Å². The molecule has 1 aromatic carbocycles. The van der Waals surface area contributed by atoms with Crippen LogP contribution in [0.3, 0.4) is 0 Å². The lowest BCUT2D eigenvalue weighted by Gasteiger charge is -2.29. The molecule has 1 heterocycles. The number of carbonyl (C=O) groups excluding carboxylic acids is 2. The van der Waals surface area contributed by atoms with E-state index in [2.05, 4.69) is 12.2 Å². The maximum absolute atomic E-state index is 12.7. The van der Waals surface area contributed by atoms with Crippen LogP contribution in [-0.2, 0) is 19.6 Å². The largest absolute Gasteiger partial charge is 0.452 e. The average molecular weight is 409 g/mol. The number of piperidine rings is 1. The summed E-state index contributed by atoms with van der Waals surface area (Å²) in [6.45, 7) is 2.83. The summed E-state index contributed by atoms with van der Waals surface area (Å²) in [5.74, 6) is -0.412. The highest BCUT2D eigenvalue weighted by molar-refractivity contribution is 7.89. The fraction of sp³-hybridized carbons (Fsp3) is 0.600. The van der Waals surface area contributed by atoms with Crippen LogP contribution in [-0.4, -0.2) is 50.3 Å². The molecule has 2 aliphatic rings. The highest BCUT2D eigenvalue weighted by atomic mass is 32.2. The Hall–Kier alpha value is -1.93. The number of amides is 1. The summed E-state index contributed by atoms with van der Waals surface area (Å²) in [5.41, 5.74) is 0.222. The third-order valence-corrected chi connectivity index (χ3v) is 7.44. The molecule has 0 unspecified atom stereocenters. The van der Waals surface area contributed by atoms with Crippen molar-refractivity contribution in [3.05, 3.63) is 29.8 Å². The second-order valence-corrected chi connectivity index (χ2v) is 9.67. The van der Waals surface area contributed by atoms with Crippen molar-refractivity contribution in [2.75, 3.05) is 19.7 Å². The SMILES string of the molecule is CC1CCN(S(=O)(=O)c2ccc(C(=O)OCC(=O)NC3CCCC3)cc2)CC1. The normalized spacial score (nSPS) is 19.5. The molecule has 2 fully saturated rings. The number of hydrogen-bond acceptors (Lipinski definition) is 5. The quantitative estimate of drug-likeness (QED) is 0.729. The van der Waals surface area contributed by atoms with Gasteiger partial charge < -0.3 is 10.1 Å². The van der Waals surface area contributed by atoms with Gasteiger partial charge in [-0.1, -0.05) is 19.8 Å². The number of nitrogens with one attached hydrogen (secondary N) is 1. The molecule has 28 heavy (non-hydrogen) atoms. The van der Waals surface area contributed by atoms with Gasteiger partial charge in [-0.2, -0.15) is 4.31 Å². The van der Waals surface area contributed by atoms with Crippen LogP contribution in [0.4, 0.5) is 0 Å². The van der Waals surface area contributed by atoms with Gasteiger partial charge in [-0.3, -0.25) is 4.79 Å². The number of nitrogens with zero attached hydrogens (tertiary/aromatic N) is 1. The summed E-state index contributed by atoms with van der Waals surface area (Å²) in [5, 5.41) is 2.85. The molecule has 1 N–H and O–H groups in total. The van der Waals surface area contributed by atoms with Gasteiger partial charge in [0.2, 0.25) is 10.0 Å². The number of benzene rings is 1. The molecule has 0 atom stereocenters. The van der Waals surface area contributed by atoms with Crippen LogP contribution in [0.2, 0.25) is 0 Å². The molecule has 0 bridgehead atoms. The number of rotatable bonds is 6. The van der Waals surface area contributed by atoms with Crippen molar-refractivity contribution in [1.29, 1.82) is 0 Å². The number of esters is 1. The second-order valence-electron chi connectivity index (χ2n) is 7.74. The fourth-order valence-electron chi connectivity index (χ4n) is 3.69. The van der Waals surface area contributed by atoms with Crippen LogP contribution >= 0.6 is 0 Å². The van der Waals surface area contributed by atoms with E-state index in [0.717, 1.165) is 38.5 Å². The summed E-state index contributed by atoms with van der Waals surface area (Å²) < 4.78 is 32.0. The van der Waals surface area contributed by atoms with Gasteiger partial charge in [-0.05, 0) is 55.9 Å². The Kier molecular flexibility index (Phi) is 6.72. The predicted molar refractivity (Wildman–Crippen MR) is 104 cm³/mol. The number of sulfonamides is 1.